The van der Waals surface area contributed by atoms with E-state index in [1.165, 1.54) is 81.7 Å². The van der Waals surface area contributed by atoms with Crippen molar-refractivity contribution < 1.29 is 4.42 Å². The lowest BCUT2D eigenvalue weighted by atomic mass is 9.90. The second-order valence-electron chi connectivity index (χ2n) is 16.1. The van der Waals surface area contributed by atoms with E-state index in [0.29, 0.717) is 0 Å². The molecule has 0 radical (unpaired) electrons. The molecule has 0 saturated carbocycles. The number of aromatic nitrogens is 1. The van der Waals surface area contributed by atoms with Gasteiger partial charge >= 0.3 is 0 Å². The summed E-state index contributed by atoms with van der Waals surface area (Å²) in [7, 11) is 0. The number of nitrogens with zero attached hydrogens (tertiary/aromatic N) is 1. The normalized spacial score (nSPS) is 12.7. The third kappa shape index (κ3) is 9.96. The summed E-state index contributed by atoms with van der Waals surface area (Å²) in [5.41, 5.74) is 19.6. The van der Waals surface area contributed by atoms with Gasteiger partial charge in [0.15, 0.2) is 5.58 Å². The molecule has 0 aliphatic heterocycles. The first-order chi connectivity index (χ1) is 31.3. The highest BCUT2D eigenvalue weighted by atomic mass is 32.1. The van der Waals surface area contributed by atoms with Crippen LogP contribution in [0.15, 0.2) is 162 Å². The van der Waals surface area contributed by atoms with E-state index < -0.39 is 0 Å². The quantitative estimate of drug-likeness (QED) is 0.108. The number of aryl methyl sites for hydroxylation is 2. The lowest BCUT2D eigenvalue weighted by Gasteiger charge is -2.15. The van der Waals surface area contributed by atoms with Crippen LogP contribution in [-0.2, 0) is 12.8 Å². The smallest absolute Gasteiger partial charge is 0.153 e. The largest absolute Gasteiger partial charge is 0.455 e. The van der Waals surface area contributed by atoms with E-state index in [4.69, 9.17) is 9.40 Å². The van der Waals surface area contributed by atoms with Crippen molar-refractivity contribution in [2.75, 3.05) is 0 Å². The summed E-state index contributed by atoms with van der Waals surface area (Å²) >= 11 is 1.87. The Kier molecular flexibility index (Phi) is 15.1. The first kappa shape index (κ1) is 45.5. The Morgan fingerprint density at radius 3 is 2.11 bits per heavy atom. The van der Waals surface area contributed by atoms with Crippen LogP contribution in [0.5, 0.6) is 0 Å². The van der Waals surface area contributed by atoms with Gasteiger partial charge in [0, 0.05) is 25.7 Å². The van der Waals surface area contributed by atoms with Crippen molar-refractivity contribution in [3.63, 3.8) is 0 Å². The summed E-state index contributed by atoms with van der Waals surface area (Å²) in [4.78, 5) is 6.61. The first-order valence-electron chi connectivity index (χ1n) is 22.9. The molecule has 3 aromatic heterocycles. The van der Waals surface area contributed by atoms with Gasteiger partial charge in [-0.1, -0.05) is 156 Å². The zero-order valence-electron chi connectivity index (χ0n) is 38.9. The van der Waals surface area contributed by atoms with Crippen LogP contribution >= 0.6 is 11.3 Å². The molecular weight excluding hydrogens is 795 g/mol. The standard InChI is InChI=1S/C59H55NOS.C2H6/c1-8-12-18-39(5)40(6)53-37-48(28-27-43(53)17-10-3)46-22-15-21-45(35-46)44-20-14-19-42(34-44)26-30-52-56(11-4)61-57-32-31-55(60-59(52)57)50-24-16-23-47(36-50)49-29-33-58-54(38-49)51(25-13-9-2)41(7)62-58;1-2/h8,11-16,18-25,27-38H,1,9-10,17,26H2,2-7H3;1-2H3/b18-12-,25-13-,40-39+,52-30+,56-11+;. The molecule has 0 unspecified atom stereocenters. The molecule has 0 aliphatic rings. The summed E-state index contributed by atoms with van der Waals surface area (Å²) in [6, 6.07) is 44.5. The number of fused-ring (bicyclic) bond motifs is 2. The van der Waals surface area contributed by atoms with Gasteiger partial charge in [-0.25, -0.2) is 4.98 Å². The van der Waals surface area contributed by atoms with Gasteiger partial charge in [0.1, 0.15) is 10.9 Å². The zero-order chi connectivity index (χ0) is 45.2. The average Bonchev–Trinajstić information content (AvgIpc) is 3.87. The number of rotatable bonds is 13. The predicted molar refractivity (Wildman–Crippen MR) is 282 cm³/mol. The Balaban J connectivity index is 0.00000302. The lowest BCUT2D eigenvalue weighted by Crippen LogP contribution is -2.20. The molecule has 64 heavy (non-hydrogen) atoms. The van der Waals surface area contributed by atoms with Gasteiger partial charge in [-0.15, -0.1) is 11.3 Å². The van der Waals surface area contributed by atoms with Crippen molar-refractivity contribution >= 4 is 56.3 Å². The van der Waals surface area contributed by atoms with Gasteiger partial charge in [-0.05, 0) is 162 Å². The van der Waals surface area contributed by atoms with Gasteiger partial charge in [0.25, 0.3) is 0 Å². The molecule has 8 rings (SSSR count). The van der Waals surface area contributed by atoms with Crippen LogP contribution in [0.25, 0.3) is 89.6 Å². The van der Waals surface area contributed by atoms with Crippen LogP contribution in [0.1, 0.15) is 88.4 Å². The van der Waals surface area contributed by atoms with Crippen molar-refractivity contribution in [1.82, 2.24) is 4.98 Å². The molecule has 0 aliphatic carbocycles. The minimum Gasteiger partial charge on any atom is -0.455 e. The summed E-state index contributed by atoms with van der Waals surface area (Å²) in [6.45, 7) is 21.0. The molecule has 3 heteroatoms. The Bertz CT molecular complexity index is 3160. The summed E-state index contributed by atoms with van der Waals surface area (Å²) in [5.74, 6) is 0. The number of pyridine rings is 1. The van der Waals surface area contributed by atoms with Gasteiger partial charge in [-0.3, -0.25) is 0 Å². The van der Waals surface area contributed by atoms with Gasteiger partial charge in [-0.2, -0.15) is 0 Å². The molecule has 0 amide bonds. The van der Waals surface area contributed by atoms with Crippen LogP contribution in [0.2, 0.25) is 0 Å². The Morgan fingerprint density at radius 1 is 0.750 bits per heavy atom. The predicted octanol–water partition coefficient (Wildman–Crippen LogP) is 16.8. The molecule has 3 heterocycles. The molecule has 0 fully saturated rings. The first-order valence-corrected chi connectivity index (χ1v) is 23.8. The third-order valence-corrected chi connectivity index (χ3v) is 13.0. The topological polar surface area (TPSA) is 26.0 Å². The Labute approximate surface area is 385 Å². The SMILES string of the molecule is C=C/C=C\C(C)=C(/C)c1cc(-c2cccc(-c3cccc(C/C=c4\c(=C/C)oc5ccc(-c6cccc(-c7ccc8sc(C)c(/C=C\CC)c8c7)c6)nc45)c3)c2)ccc1CCC.CC. The van der Waals surface area contributed by atoms with Crippen LogP contribution < -0.4 is 10.6 Å². The third-order valence-electron chi connectivity index (χ3n) is 11.9. The Hall–Kier alpha value is -6.55. The monoisotopic (exact) mass is 855 g/mol. The van der Waals surface area contributed by atoms with Crippen molar-refractivity contribution in [2.45, 2.75) is 81.1 Å². The minimum atomic E-state index is 0.748. The van der Waals surface area contributed by atoms with Gasteiger partial charge in [0.2, 0.25) is 0 Å². The van der Waals surface area contributed by atoms with E-state index >= 15 is 0 Å². The highest BCUT2D eigenvalue weighted by molar-refractivity contribution is 7.19. The fraction of sp³-hybridized carbons (Fsp3) is 0.197. The van der Waals surface area contributed by atoms with Gasteiger partial charge in [0.05, 0.1) is 5.69 Å². The number of hydrogen-bond acceptors (Lipinski definition) is 3. The average molecular weight is 856 g/mol. The van der Waals surface area contributed by atoms with E-state index in [-0.39, 0.29) is 0 Å². The van der Waals surface area contributed by atoms with Crippen LogP contribution in [0, 0.1) is 6.92 Å². The molecule has 0 N–H and O–H groups in total. The minimum absolute atomic E-state index is 0.748. The molecule has 0 bridgehead atoms. The number of thiophene rings is 1. The summed E-state index contributed by atoms with van der Waals surface area (Å²) in [5, 5.41) is 2.34. The van der Waals surface area contributed by atoms with Gasteiger partial charge < -0.3 is 4.42 Å². The second kappa shape index (κ2) is 21.2. The highest BCUT2D eigenvalue weighted by Gasteiger charge is 2.13. The van der Waals surface area contributed by atoms with E-state index in [1.807, 2.05) is 50.3 Å². The van der Waals surface area contributed by atoms with E-state index in [2.05, 4.69) is 187 Å². The molecule has 5 aromatic carbocycles. The molecule has 0 spiro atoms. The molecule has 8 aromatic rings. The summed E-state index contributed by atoms with van der Waals surface area (Å²) < 4.78 is 7.68. The highest BCUT2D eigenvalue weighted by Crippen LogP contribution is 2.36. The Morgan fingerprint density at radius 2 is 1.41 bits per heavy atom. The summed E-state index contributed by atoms with van der Waals surface area (Å²) in [6.07, 6.45) is 18.8. The van der Waals surface area contributed by atoms with E-state index in [9.17, 15) is 0 Å². The molecule has 2 nitrogen and oxygen atoms in total. The maximum Gasteiger partial charge on any atom is 0.153 e. The fourth-order valence-electron chi connectivity index (χ4n) is 8.42. The van der Waals surface area contributed by atoms with E-state index in [0.717, 1.165) is 58.7 Å². The van der Waals surface area contributed by atoms with Crippen molar-refractivity contribution in [3.05, 3.63) is 196 Å². The fourth-order valence-corrected chi connectivity index (χ4v) is 9.45. The molecular formula is C61H61NOS. The second-order valence-corrected chi connectivity index (χ2v) is 17.4. The number of benzene rings is 5. The maximum absolute atomic E-state index is 6.36. The maximum atomic E-state index is 6.36. The number of allylic oxidation sites excluding steroid dienone is 6. The molecule has 0 atom stereocenters. The lowest BCUT2D eigenvalue weighted by molar-refractivity contribution is 0.574. The van der Waals surface area contributed by atoms with Crippen molar-refractivity contribution in [1.29, 1.82) is 0 Å². The van der Waals surface area contributed by atoms with Crippen molar-refractivity contribution in [3.8, 4) is 44.6 Å². The zero-order valence-corrected chi connectivity index (χ0v) is 39.7. The number of hydrogen-bond donors (Lipinski definition) is 0. The molecule has 0 saturated heterocycles. The van der Waals surface area contributed by atoms with Crippen LogP contribution in [0.4, 0.5) is 0 Å². The van der Waals surface area contributed by atoms with Crippen LogP contribution in [0.3, 0.4) is 0 Å². The van der Waals surface area contributed by atoms with Crippen molar-refractivity contribution in [2.24, 2.45) is 0 Å². The van der Waals surface area contributed by atoms with E-state index in [1.54, 1.807) is 0 Å². The van der Waals surface area contributed by atoms with Crippen LogP contribution in [-0.4, -0.2) is 4.98 Å². The number of furan rings is 1. The molecule has 322 valence electrons.